The molecule has 0 aromatic carbocycles. The fourth-order valence-corrected chi connectivity index (χ4v) is 2.20. The van der Waals surface area contributed by atoms with Gasteiger partial charge in [-0.15, -0.1) is 6.58 Å². The summed E-state index contributed by atoms with van der Waals surface area (Å²) >= 11 is 0. The van der Waals surface area contributed by atoms with Crippen molar-refractivity contribution in [2.24, 2.45) is 23.2 Å². The second kappa shape index (κ2) is 3.76. The zero-order valence-electron chi connectivity index (χ0n) is 9.29. The van der Waals surface area contributed by atoms with E-state index in [-0.39, 0.29) is 11.8 Å². The van der Waals surface area contributed by atoms with Crippen molar-refractivity contribution < 1.29 is 9.90 Å². The molecule has 0 bridgehead atoms. The molecule has 14 heavy (non-hydrogen) atoms. The monoisotopic (exact) mass is 196 g/mol. The maximum Gasteiger partial charge on any atom is 0.306 e. The Kier molecular flexibility index (Phi) is 3.03. The Morgan fingerprint density at radius 3 is 2.29 bits per heavy atom. The number of aliphatic carboxylic acids is 1. The zero-order valence-corrected chi connectivity index (χ0v) is 9.29. The SMILES string of the molecule is C=CC(C(C)C(C)C(=O)O)C1(C)CC1. The van der Waals surface area contributed by atoms with Crippen LogP contribution in [0.5, 0.6) is 0 Å². The van der Waals surface area contributed by atoms with Crippen molar-refractivity contribution >= 4 is 5.97 Å². The fraction of sp³-hybridized carbons (Fsp3) is 0.750. The lowest BCUT2D eigenvalue weighted by molar-refractivity contribution is -0.143. The number of allylic oxidation sites excluding steroid dienone is 1. The number of carboxylic acid groups (broad SMARTS) is 1. The summed E-state index contributed by atoms with van der Waals surface area (Å²) in [5.41, 5.74) is 0.324. The van der Waals surface area contributed by atoms with Crippen LogP contribution in [0.2, 0.25) is 0 Å². The van der Waals surface area contributed by atoms with Gasteiger partial charge in [0.2, 0.25) is 0 Å². The van der Waals surface area contributed by atoms with E-state index in [1.807, 2.05) is 13.0 Å². The molecule has 1 rings (SSSR count). The lowest BCUT2D eigenvalue weighted by atomic mass is 9.75. The summed E-state index contributed by atoms with van der Waals surface area (Å²) in [4.78, 5) is 10.9. The molecule has 0 aromatic heterocycles. The van der Waals surface area contributed by atoms with E-state index in [9.17, 15) is 4.79 Å². The smallest absolute Gasteiger partial charge is 0.306 e. The van der Waals surface area contributed by atoms with Gasteiger partial charge in [0.05, 0.1) is 5.92 Å². The normalized spacial score (nSPS) is 24.8. The molecule has 0 aliphatic heterocycles. The summed E-state index contributed by atoms with van der Waals surface area (Å²) in [6.07, 6.45) is 4.36. The largest absolute Gasteiger partial charge is 0.481 e. The average molecular weight is 196 g/mol. The molecule has 0 heterocycles. The van der Waals surface area contributed by atoms with Crippen molar-refractivity contribution in [3.05, 3.63) is 12.7 Å². The number of carboxylic acids is 1. The maximum atomic E-state index is 10.9. The van der Waals surface area contributed by atoms with Gasteiger partial charge in [-0.05, 0) is 30.1 Å². The number of hydrogen-bond acceptors (Lipinski definition) is 1. The minimum absolute atomic E-state index is 0.178. The highest BCUT2D eigenvalue weighted by Crippen LogP contribution is 2.55. The molecule has 1 saturated carbocycles. The van der Waals surface area contributed by atoms with Gasteiger partial charge in [0.25, 0.3) is 0 Å². The van der Waals surface area contributed by atoms with E-state index in [4.69, 9.17) is 5.11 Å². The quantitative estimate of drug-likeness (QED) is 0.686. The second-order valence-corrected chi connectivity index (χ2v) is 4.90. The Balaban J connectivity index is 2.70. The van der Waals surface area contributed by atoms with Crippen molar-refractivity contribution in [1.29, 1.82) is 0 Å². The van der Waals surface area contributed by atoms with Gasteiger partial charge in [-0.3, -0.25) is 4.79 Å². The molecule has 1 fully saturated rings. The highest BCUT2D eigenvalue weighted by molar-refractivity contribution is 5.69. The number of rotatable bonds is 5. The predicted molar refractivity (Wildman–Crippen MR) is 57.0 cm³/mol. The molecule has 3 atom stereocenters. The second-order valence-electron chi connectivity index (χ2n) is 4.90. The Bertz CT molecular complexity index is 241. The molecule has 0 aromatic rings. The van der Waals surface area contributed by atoms with Crippen LogP contribution in [-0.4, -0.2) is 11.1 Å². The van der Waals surface area contributed by atoms with Crippen molar-refractivity contribution in [3.63, 3.8) is 0 Å². The molecule has 2 nitrogen and oxygen atoms in total. The van der Waals surface area contributed by atoms with Crippen LogP contribution in [0.3, 0.4) is 0 Å². The van der Waals surface area contributed by atoms with E-state index in [0.29, 0.717) is 11.3 Å². The molecule has 0 saturated heterocycles. The van der Waals surface area contributed by atoms with E-state index < -0.39 is 5.97 Å². The van der Waals surface area contributed by atoms with Crippen molar-refractivity contribution in [1.82, 2.24) is 0 Å². The van der Waals surface area contributed by atoms with Crippen molar-refractivity contribution in [3.8, 4) is 0 Å². The van der Waals surface area contributed by atoms with Crippen LogP contribution < -0.4 is 0 Å². The molecular weight excluding hydrogens is 176 g/mol. The third kappa shape index (κ3) is 1.99. The first-order chi connectivity index (χ1) is 6.42. The van der Waals surface area contributed by atoms with Gasteiger partial charge in [0.1, 0.15) is 0 Å². The van der Waals surface area contributed by atoms with Crippen LogP contribution in [-0.2, 0) is 4.79 Å². The lowest BCUT2D eigenvalue weighted by Crippen LogP contribution is -2.28. The highest BCUT2D eigenvalue weighted by Gasteiger charge is 2.46. The van der Waals surface area contributed by atoms with Gasteiger partial charge < -0.3 is 5.11 Å². The number of hydrogen-bond donors (Lipinski definition) is 1. The van der Waals surface area contributed by atoms with Crippen LogP contribution in [0.15, 0.2) is 12.7 Å². The molecule has 1 aliphatic rings. The standard InChI is InChI=1S/C12H20O2/c1-5-10(12(4)6-7-12)8(2)9(3)11(13)14/h5,8-10H,1,6-7H2,2-4H3,(H,13,14). The van der Waals surface area contributed by atoms with Crippen molar-refractivity contribution in [2.45, 2.75) is 33.6 Å². The first kappa shape index (κ1) is 11.3. The molecule has 1 aliphatic carbocycles. The summed E-state index contributed by atoms with van der Waals surface area (Å²) in [6.45, 7) is 9.87. The Labute approximate surface area is 86.0 Å². The van der Waals surface area contributed by atoms with Gasteiger partial charge >= 0.3 is 5.97 Å². The van der Waals surface area contributed by atoms with Gasteiger partial charge in [0.15, 0.2) is 0 Å². The minimum atomic E-state index is -0.700. The summed E-state index contributed by atoms with van der Waals surface area (Å²) in [5, 5.41) is 8.95. The first-order valence-electron chi connectivity index (χ1n) is 5.28. The van der Waals surface area contributed by atoms with E-state index in [0.717, 1.165) is 0 Å². The van der Waals surface area contributed by atoms with Crippen LogP contribution in [0.1, 0.15) is 33.6 Å². The average Bonchev–Trinajstić information content (AvgIpc) is 2.83. The predicted octanol–water partition coefficient (Wildman–Crippen LogP) is 2.95. The molecular formula is C12H20O2. The molecule has 1 N–H and O–H groups in total. The summed E-state index contributed by atoms with van der Waals surface area (Å²) in [7, 11) is 0. The highest BCUT2D eigenvalue weighted by atomic mass is 16.4. The van der Waals surface area contributed by atoms with Gasteiger partial charge in [-0.1, -0.05) is 26.8 Å². The molecule has 3 unspecified atom stereocenters. The molecule has 0 amide bonds. The Morgan fingerprint density at radius 1 is 1.50 bits per heavy atom. The van der Waals surface area contributed by atoms with Crippen molar-refractivity contribution in [2.75, 3.05) is 0 Å². The maximum absolute atomic E-state index is 10.9. The van der Waals surface area contributed by atoms with Crippen LogP contribution in [0, 0.1) is 23.2 Å². The fourth-order valence-electron chi connectivity index (χ4n) is 2.20. The minimum Gasteiger partial charge on any atom is -0.481 e. The third-order valence-corrected chi connectivity index (χ3v) is 3.84. The molecule has 0 radical (unpaired) electrons. The zero-order chi connectivity index (χ0) is 10.9. The van der Waals surface area contributed by atoms with E-state index in [2.05, 4.69) is 13.5 Å². The van der Waals surface area contributed by atoms with Crippen LogP contribution in [0.25, 0.3) is 0 Å². The summed E-state index contributed by atoms with van der Waals surface area (Å²) < 4.78 is 0. The van der Waals surface area contributed by atoms with Gasteiger partial charge in [-0.25, -0.2) is 0 Å². The third-order valence-electron chi connectivity index (χ3n) is 3.84. The Hall–Kier alpha value is -0.790. The van der Waals surface area contributed by atoms with E-state index >= 15 is 0 Å². The van der Waals surface area contributed by atoms with Gasteiger partial charge in [0, 0.05) is 0 Å². The van der Waals surface area contributed by atoms with Crippen LogP contribution >= 0.6 is 0 Å². The van der Waals surface area contributed by atoms with Gasteiger partial charge in [-0.2, -0.15) is 0 Å². The topological polar surface area (TPSA) is 37.3 Å². The summed E-state index contributed by atoms with van der Waals surface area (Å²) in [5.74, 6) is -0.463. The number of carbonyl (C=O) groups is 1. The first-order valence-corrected chi connectivity index (χ1v) is 5.28. The Morgan fingerprint density at radius 2 is 2.00 bits per heavy atom. The van der Waals surface area contributed by atoms with E-state index in [1.54, 1.807) is 6.92 Å². The summed E-state index contributed by atoms with van der Waals surface area (Å²) in [6, 6.07) is 0. The lowest BCUT2D eigenvalue weighted by Gasteiger charge is -2.29. The van der Waals surface area contributed by atoms with E-state index in [1.165, 1.54) is 12.8 Å². The molecule has 2 heteroatoms. The molecule has 80 valence electrons. The van der Waals surface area contributed by atoms with Crippen LogP contribution in [0.4, 0.5) is 0 Å². The molecule has 0 spiro atoms.